The molecule has 2 aromatic rings. The molecule has 1 aliphatic carbocycles. The van der Waals surface area contributed by atoms with Crippen molar-refractivity contribution in [2.75, 3.05) is 5.32 Å². The van der Waals surface area contributed by atoms with Crippen LogP contribution >= 0.6 is 0 Å². The lowest BCUT2D eigenvalue weighted by atomic mass is 10.1. The molecule has 3 rings (SSSR count). The van der Waals surface area contributed by atoms with Gasteiger partial charge in [-0.2, -0.15) is 0 Å². The predicted octanol–water partition coefficient (Wildman–Crippen LogP) is 4.79. The minimum Gasteiger partial charge on any atom is -0.381 e. The summed E-state index contributed by atoms with van der Waals surface area (Å²) in [5, 5.41) is 3.53. The monoisotopic (exact) mass is 251 g/mol. The van der Waals surface area contributed by atoms with Crippen molar-refractivity contribution >= 4 is 5.69 Å². The fourth-order valence-corrected chi connectivity index (χ4v) is 2.46. The lowest BCUT2D eigenvalue weighted by Gasteiger charge is -2.11. The van der Waals surface area contributed by atoms with E-state index < -0.39 is 0 Å². The highest BCUT2D eigenvalue weighted by Gasteiger charge is 2.22. The molecule has 0 radical (unpaired) electrons. The summed E-state index contributed by atoms with van der Waals surface area (Å²) in [4.78, 5) is 0. The number of hydrogen-bond acceptors (Lipinski definition) is 1. The third-order valence-corrected chi connectivity index (χ3v) is 4.12. The maximum Gasteiger partial charge on any atom is 0.0400 e. The van der Waals surface area contributed by atoms with E-state index in [2.05, 4.69) is 61.6 Å². The van der Waals surface area contributed by atoms with Crippen LogP contribution in [0.2, 0.25) is 0 Å². The average Bonchev–Trinajstić information content (AvgIpc) is 3.26. The highest BCUT2D eigenvalue weighted by molar-refractivity contribution is 5.53. The second-order valence-electron chi connectivity index (χ2n) is 5.62. The molecule has 1 saturated carbocycles. The van der Waals surface area contributed by atoms with E-state index in [1.165, 1.54) is 40.8 Å². The van der Waals surface area contributed by atoms with Crippen molar-refractivity contribution in [3.05, 3.63) is 64.7 Å². The summed E-state index contributed by atoms with van der Waals surface area (Å²) in [7, 11) is 0. The molecule has 0 unspecified atom stereocenters. The van der Waals surface area contributed by atoms with Gasteiger partial charge in [-0.05, 0) is 60.9 Å². The van der Waals surface area contributed by atoms with Crippen LogP contribution in [-0.4, -0.2) is 0 Å². The van der Waals surface area contributed by atoms with Gasteiger partial charge in [0, 0.05) is 12.2 Å². The van der Waals surface area contributed by atoms with Gasteiger partial charge >= 0.3 is 0 Å². The first-order chi connectivity index (χ1) is 9.24. The Hall–Kier alpha value is -1.76. The van der Waals surface area contributed by atoms with Crippen LogP contribution in [0.5, 0.6) is 0 Å². The zero-order valence-corrected chi connectivity index (χ0v) is 11.7. The van der Waals surface area contributed by atoms with Crippen molar-refractivity contribution in [2.24, 2.45) is 0 Å². The molecule has 0 heterocycles. The highest BCUT2D eigenvalue weighted by Crippen LogP contribution is 2.39. The highest BCUT2D eigenvalue weighted by atomic mass is 14.9. The second-order valence-corrected chi connectivity index (χ2v) is 5.62. The van der Waals surface area contributed by atoms with Crippen molar-refractivity contribution in [3.63, 3.8) is 0 Å². The van der Waals surface area contributed by atoms with Crippen molar-refractivity contribution in [1.82, 2.24) is 0 Å². The zero-order valence-electron chi connectivity index (χ0n) is 11.7. The summed E-state index contributed by atoms with van der Waals surface area (Å²) in [5.41, 5.74) is 6.79. The molecular formula is C18H21N. The molecule has 1 heteroatoms. The quantitative estimate of drug-likeness (QED) is 0.823. The van der Waals surface area contributed by atoms with Gasteiger partial charge < -0.3 is 5.32 Å². The molecule has 0 aliphatic heterocycles. The van der Waals surface area contributed by atoms with Crippen LogP contribution in [0.1, 0.15) is 41.0 Å². The van der Waals surface area contributed by atoms with E-state index in [4.69, 9.17) is 0 Å². The minimum atomic E-state index is 0.848. The van der Waals surface area contributed by atoms with Crippen LogP contribution in [0.15, 0.2) is 42.5 Å². The zero-order chi connectivity index (χ0) is 13.2. The second kappa shape index (κ2) is 5.08. The fraction of sp³-hybridized carbons (Fsp3) is 0.333. The molecule has 2 aromatic carbocycles. The van der Waals surface area contributed by atoms with Gasteiger partial charge in [0.15, 0.2) is 0 Å². The molecule has 1 aliphatic rings. The first-order valence-corrected chi connectivity index (χ1v) is 7.13. The average molecular weight is 251 g/mol. The summed E-state index contributed by atoms with van der Waals surface area (Å²) in [5.74, 6) is 0.848. The number of anilines is 1. The normalized spacial score (nSPS) is 14.4. The van der Waals surface area contributed by atoms with E-state index in [9.17, 15) is 0 Å². The molecule has 1 fully saturated rings. The Labute approximate surface area is 115 Å². The molecule has 0 bridgehead atoms. The molecule has 0 amide bonds. The van der Waals surface area contributed by atoms with Crippen LogP contribution in [-0.2, 0) is 6.54 Å². The predicted molar refractivity (Wildman–Crippen MR) is 81.7 cm³/mol. The Balaban J connectivity index is 1.66. The van der Waals surface area contributed by atoms with Crippen LogP contribution in [0.3, 0.4) is 0 Å². The molecule has 0 atom stereocenters. The summed E-state index contributed by atoms with van der Waals surface area (Å²) in [6.07, 6.45) is 2.75. The Morgan fingerprint density at radius 1 is 1.00 bits per heavy atom. The number of hydrogen-bond donors (Lipinski definition) is 1. The number of rotatable bonds is 4. The molecule has 0 aromatic heterocycles. The molecule has 19 heavy (non-hydrogen) atoms. The summed E-state index contributed by atoms with van der Waals surface area (Å²) >= 11 is 0. The number of aryl methyl sites for hydroxylation is 1. The molecular weight excluding hydrogens is 230 g/mol. The van der Waals surface area contributed by atoms with E-state index in [1.807, 2.05) is 0 Å². The van der Waals surface area contributed by atoms with Gasteiger partial charge in [-0.1, -0.05) is 36.4 Å². The molecule has 1 N–H and O–H groups in total. The van der Waals surface area contributed by atoms with Crippen LogP contribution in [0, 0.1) is 13.8 Å². The third-order valence-electron chi connectivity index (χ3n) is 4.12. The van der Waals surface area contributed by atoms with Gasteiger partial charge in [0.25, 0.3) is 0 Å². The lowest BCUT2D eigenvalue weighted by Crippen LogP contribution is -2.01. The van der Waals surface area contributed by atoms with Crippen molar-refractivity contribution in [2.45, 2.75) is 39.2 Å². The Kier molecular flexibility index (Phi) is 3.29. The van der Waals surface area contributed by atoms with Crippen LogP contribution in [0.4, 0.5) is 5.69 Å². The Bertz CT molecular complexity index is 565. The van der Waals surface area contributed by atoms with Gasteiger partial charge in [-0.3, -0.25) is 0 Å². The summed E-state index contributed by atoms with van der Waals surface area (Å²) in [6.45, 7) is 5.23. The fourth-order valence-electron chi connectivity index (χ4n) is 2.46. The standard InChI is InChI=1S/C18H21N/c1-13-4-3-5-18(14(13)2)19-12-15-6-8-16(9-7-15)17-10-11-17/h3-9,17,19H,10-12H2,1-2H3. The van der Waals surface area contributed by atoms with Crippen LogP contribution in [0.25, 0.3) is 0 Å². The first kappa shape index (κ1) is 12.3. The molecule has 98 valence electrons. The van der Waals surface area contributed by atoms with E-state index >= 15 is 0 Å². The third kappa shape index (κ3) is 2.81. The minimum absolute atomic E-state index is 0.848. The molecule has 0 saturated heterocycles. The van der Waals surface area contributed by atoms with Crippen LogP contribution < -0.4 is 5.32 Å². The van der Waals surface area contributed by atoms with Gasteiger partial charge in [0.05, 0.1) is 0 Å². The molecule has 0 spiro atoms. The SMILES string of the molecule is Cc1cccc(NCc2ccc(C3CC3)cc2)c1C. The maximum absolute atomic E-state index is 3.53. The van der Waals surface area contributed by atoms with Crippen molar-refractivity contribution < 1.29 is 0 Å². The van der Waals surface area contributed by atoms with E-state index in [0.717, 1.165) is 12.5 Å². The smallest absolute Gasteiger partial charge is 0.0400 e. The number of nitrogens with one attached hydrogen (secondary N) is 1. The Morgan fingerprint density at radius 2 is 1.74 bits per heavy atom. The van der Waals surface area contributed by atoms with Gasteiger partial charge in [0.1, 0.15) is 0 Å². The largest absolute Gasteiger partial charge is 0.381 e. The van der Waals surface area contributed by atoms with Gasteiger partial charge in [-0.15, -0.1) is 0 Å². The van der Waals surface area contributed by atoms with Crippen molar-refractivity contribution in [1.29, 1.82) is 0 Å². The maximum atomic E-state index is 3.53. The van der Waals surface area contributed by atoms with E-state index in [0.29, 0.717) is 0 Å². The van der Waals surface area contributed by atoms with Gasteiger partial charge in [0.2, 0.25) is 0 Å². The topological polar surface area (TPSA) is 12.0 Å². The van der Waals surface area contributed by atoms with E-state index in [1.54, 1.807) is 0 Å². The Morgan fingerprint density at radius 3 is 2.42 bits per heavy atom. The molecule has 1 nitrogen and oxygen atoms in total. The first-order valence-electron chi connectivity index (χ1n) is 7.13. The van der Waals surface area contributed by atoms with Crippen molar-refractivity contribution in [3.8, 4) is 0 Å². The summed E-state index contributed by atoms with van der Waals surface area (Å²) in [6, 6.07) is 15.5. The van der Waals surface area contributed by atoms with Gasteiger partial charge in [-0.25, -0.2) is 0 Å². The number of benzene rings is 2. The lowest BCUT2D eigenvalue weighted by molar-refractivity contribution is 1.09. The summed E-state index contributed by atoms with van der Waals surface area (Å²) < 4.78 is 0. The van der Waals surface area contributed by atoms with E-state index in [-0.39, 0.29) is 0 Å².